The zero-order valence-corrected chi connectivity index (χ0v) is 12.0. The number of hydrogen-bond acceptors (Lipinski definition) is 2. The van der Waals surface area contributed by atoms with Gasteiger partial charge in [-0.2, -0.15) is 0 Å². The van der Waals surface area contributed by atoms with Crippen molar-refractivity contribution in [1.82, 2.24) is 4.90 Å². The molecule has 1 aromatic carbocycles. The monoisotopic (exact) mass is 264 g/mol. The van der Waals surface area contributed by atoms with Gasteiger partial charge in [0.1, 0.15) is 5.82 Å². The highest BCUT2D eigenvalue weighted by molar-refractivity contribution is 5.21. The van der Waals surface area contributed by atoms with Crippen molar-refractivity contribution in [3.63, 3.8) is 0 Å². The second kappa shape index (κ2) is 6.49. The average molecular weight is 264 g/mol. The first kappa shape index (κ1) is 14.5. The number of nitrogens with zero attached hydrogens (tertiary/aromatic N) is 1. The molecule has 0 aromatic heterocycles. The Labute approximate surface area is 115 Å². The van der Waals surface area contributed by atoms with Gasteiger partial charge in [-0.1, -0.05) is 25.5 Å². The summed E-state index contributed by atoms with van der Waals surface area (Å²) in [6, 6.07) is 7.08. The van der Waals surface area contributed by atoms with Crippen LogP contribution in [-0.2, 0) is 0 Å². The summed E-state index contributed by atoms with van der Waals surface area (Å²) in [5.74, 6) is 0.615. The Morgan fingerprint density at radius 1 is 1.37 bits per heavy atom. The van der Waals surface area contributed by atoms with Crippen molar-refractivity contribution in [2.24, 2.45) is 11.7 Å². The Kier molecular flexibility index (Phi) is 4.94. The molecule has 3 atom stereocenters. The molecule has 1 heterocycles. The average Bonchev–Trinajstić information content (AvgIpc) is 2.80. The number of benzene rings is 1. The van der Waals surface area contributed by atoms with E-state index in [2.05, 4.69) is 11.8 Å². The number of rotatable bonds is 5. The zero-order valence-electron chi connectivity index (χ0n) is 12.0. The third-order valence-electron chi connectivity index (χ3n) is 4.12. The molecule has 0 saturated carbocycles. The highest BCUT2D eigenvalue weighted by atomic mass is 19.1. The van der Waals surface area contributed by atoms with E-state index in [-0.39, 0.29) is 17.9 Å². The Morgan fingerprint density at radius 2 is 2.05 bits per heavy atom. The summed E-state index contributed by atoms with van der Waals surface area (Å²) >= 11 is 0. The first-order chi connectivity index (χ1) is 9.11. The van der Waals surface area contributed by atoms with E-state index < -0.39 is 0 Å². The van der Waals surface area contributed by atoms with E-state index >= 15 is 0 Å². The molecule has 2 nitrogen and oxygen atoms in total. The molecule has 0 spiro atoms. The lowest BCUT2D eigenvalue weighted by Crippen LogP contribution is -2.38. The molecule has 19 heavy (non-hydrogen) atoms. The van der Waals surface area contributed by atoms with Crippen LogP contribution in [0.15, 0.2) is 24.3 Å². The van der Waals surface area contributed by atoms with Gasteiger partial charge in [0.05, 0.1) is 0 Å². The maximum absolute atomic E-state index is 13.0. The van der Waals surface area contributed by atoms with E-state index in [1.165, 1.54) is 31.4 Å². The minimum atomic E-state index is -0.183. The number of likely N-dealkylation sites (tertiary alicyclic amines) is 1. The minimum Gasteiger partial charge on any atom is -0.326 e. The van der Waals surface area contributed by atoms with Crippen molar-refractivity contribution in [2.75, 3.05) is 13.1 Å². The van der Waals surface area contributed by atoms with Crippen molar-refractivity contribution in [1.29, 1.82) is 0 Å². The first-order valence-electron chi connectivity index (χ1n) is 7.37. The van der Waals surface area contributed by atoms with Crippen molar-refractivity contribution in [2.45, 2.75) is 45.2 Å². The first-order valence-corrected chi connectivity index (χ1v) is 7.37. The number of hydrogen-bond donors (Lipinski definition) is 1. The Balaban J connectivity index is 2.11. The molecule has 2 N–H and O–H groups in total. The van der Waals surface area contributed by atoms with Gasteiger partial charge in [0.25, 0.3) is 0 Å². The quantitative estimate of drug-likeness (QED) is 0.884. The Bertz CT molecular complexity index is 388. The third-order valence-corrected chi connectivity index (χ3v) is 4.12. The zero-order chi connectivity index (χ0) is 13.8. The molecule has 1 saturated heterocycles. The lowest BCUT2D eigenvalue weighted by Gasteiger charge is -2.31. The summed E-state index contributed by atoms with van der Waals surface area (Å²) in [5, 5.41) is 0. The molecular formula is C16H25FN2. The van der Waals surface area contributed by atoms with Crippen LogP contribution >= 0.6 is 0 Å². The SMILES string of the molecule is CCCC1CCN(C(c2ccc(F)cc2)C(C)N)C1. The lowest BCUT2D eigenvalue weighted by atomic mass is 9.99. The molecule has 3 unspecified atom stereocenters. The standard InChI is InChI=1S/C16H25FN2/c1-3-4-13-9-10-19(11-13)16(12(2)18)14-5-7-15(17)8-6-14/h5-8,12-13,16H,3-4,9-11,18H2,1-2H3. The summed E-state index contributed by atoms with van der Waals surface area (Å²) in [7, 11) is 0. The normalized spacial score (nSPS) is 23.5. The van der Waals surface area contributed by atoms with Crippen LogP contribution in [0.2, 0.25) is 0 Å². The van der Waals surface area contributed by atoms with Gasteiger partial charge < -0.3 is 5.73 Å². The van der Waals surface area contributed by atoms with Gasteiger partial charge in [0.15, 0.2) is 0 Å². The molecule has 0 aliphatic carbocycles. The molecule has 3 heteroatoms. The molecule has 106 valence electrons. The van der Waals surface area contributed by atoms with Crippen molar-refractivity contribution < 1.29 is 4.39 Å². The largest absolute Gasteiger partial charge is 0.326 e. The fourth-order valence-electron chi connectivity index (χ4n) is 3.27. The van der Waals surface area contributed by atoms with Crippen LogP contribution in [0.1, 0.15) is 44.7 Å². The summed E-state index contributed by atoms with van der Waals surface area (Å²) in [4.78, 5) is 2.47. The van der Waals surface area contributed by atoms with Gasteiger partial charge in [-0.05, 0) is 49.9 Å². The van der Waals surface area contributed by atoms with E-state index in [1.807, 2.05) is 19.1 Å². The molecule has 1 aliphatic heterocycles. The van der Waals surface area contributed by atoms with Crippen LogP contribution in [-0.4, -0.2) is 24.0 Å². The molecule has 2 rings (SSSR count). The summed E-state index contributed by atoms with van der Waals surface area (Å²) in [6.45, 7) is 6.51. The number of halogens is 1. The van der Waals surface area contributed by atoms with Crippen molar-refractivity contribution in [3.8, 4) is 0 Å². The van der Waals surface area contributed by atoms with Crippen LogP contribution in [0.5, 0.6) is 0 Å². The van der Waals surface area contributed by atoms with E-state index in [9.17, 15) is 4.39 Å². The van der Waals surface area contributed by atoms with E-state index in [4.69, 9.17) is 5.73 Å². The van der Waals surface area contributed by atoms with Crippen LogP contribution in [0, 0.1) is 11.7 Å². The second-order valence-corrected chi connectivity index (χ2v) is 5.79. The molecule has 1 aromatic rings. The summed E-state index contributed by atoms with van der Waals surface area (Å²) < 4.78 is 13.0. The van der Waals surface area contributed by atoms with Gasteiger partial charge in [-0.3, -0.25) is 4.90 Å². The van der Waals surface area contributed by atoms with E-state index in [0.29, 0.717) is 0 Å². The number of nitrogens with two attached hydrogens (primary N) is 1. The molecule has 1 aliphatic rings. The predicted molar refractivity (Wildman–Crippen MR) is 77.4 cm³/mol. The van der Waals surface area contributed by atoms with Crippen molar-refractivity contribution in [3.05, 3.63) is 35.6 Å². The highest BCUT2D eigenvalue weighted by Gasteiger charge is 2.30. The molecule has 0 radical (unpaired) electrons. The fraction of sp³-hybridized carbons (Fsp3) is 0.625. The van der Waals surface area contributed by atoms with Gasteiger partial charge in [0, 0.05) is 18.6 Å². The highest BCUT2D eigenvalue weighted by Crippen LogP contribution is 2.31. The van der Waals surface area contributed by atoms with Crippen LogP contribution < -0.4 is 5.73 Å². The molecule has 0 bridgehead atoms. The van der Waals surface area contributed by atoms with Gasteiger partial charge in [-0.25, -0.2) is 4.39 Å². The Hall–Kier alpha value is -0.930. The van der Waals surface area contributed by atoms with E-state index in [1.54, 1.807) is 0 Å². The van der Waals surface area contributed by atoms with Gasteiger partial charge in [0.2, 0.25) is 0 Å². The minimum absolute atomic E-state index is 0.0610. The maximum atomic E-state index is 13.0. The molecule has 1 fully saturated rings. The maximum Gasteiger partial charge on any atom is 0.123 e. The Morgan fingerprint density at radius 3 is 2.63 bits per heavy atom. The van der Waals surface area contributed by atoms with Crippen LogP contribution in [0.25, 0.3) is 0 Å². The lowest BCUT2D eigenvalue weighted by molar-refractivity contribution is 0.210. The summed E-state index contributed by atoms with van der Waals surface area (Å²) in [5.41, 5.74) is 7.30. The molecule has 0 amide bonds. The topological polar surface area (TPSA) is 29.3 Å². The van der Waals surface area contributed by atoms with Gasteiger partial charge >= 0.3 is 0 Å². The fourth-order valence-corrected chi connectivity index (χ4v) is 3.27. The second-order valence-electron chi connectivity index (χ2n) is 5.79. The van der Waals surface area contributed by atoms with E-state index in [0.717, 1.165) is 24.6 Å². The third kappa shape index (κ3) is 3.54. The predicted octanol–water partition coefficient (Wildman–Crippen LogP) is 3.34. The van der Waals surface area contributed by atoms with Gasteiger partial charge in [-0.15, -0.1) is 0 Å². The van der Waals surface area contributed by atoms with Crippen LogP contribution in [0.4, 0.5) is 4.39 Å². The smallest absolute Gasteiger partial charge is 0.123 e. The molecular weight excluding hydrogens is 239 g/mol. The van der Waals surface area contributed by atoms with Crippen molar-refractivity contribution >= 4 is 0 Å². The van der Waals surface area contributed by atoms with Crippen LogP contribution in [0.3, 0.4) is 0 Å². The summed E-state index contributed by atoms with van der Waals surface area (Å²) in [6.07, 6.45) is 3.81.